The summed E-state index contributed by atoms with van der Waals surface area (Å²) in [6.45, 7) is 0.568. The molecule has 0 amide bonds. The van der Waals surface area contributed by atoms with Gasteiger partial charge in [-0.1, -0.05) is 60.1 Å². The number of halogens is 1. The maximum Gasteiger partial charge on any atom is 0.274 e. The Morgan fingerprint density at radius 3 is 2.59 bits per heavy atom. The Balaban J connectivity index is 1.61. The largest absolute Gasteiger partial charge is 0.349 e. The van der Waals surface area contributed by atoms with Crippen molar-refractivity contribution in [3.05, 3.63) is 93.6 Å². The number of thiophene rings is 1. The minimum absolute atomic E-state index is 0.289. The summed E-state index contributed by atoms with van der Waals surface area (Å²) in [6.07, 6.45) is 3.20. The van der Waals surface area contributed by atoms with Crippen molar-refractivity contribution in [2.45, 2.75) is 6.54 Å². The lowest BCUT2D eigenvalue weighted by atomic mass is 10.2. The van der Waals surface area contributed by atoms with Gasteiger partial charge in [-0.25, -0.2) is 0 Å². The smallest absolute Gasteiger partial charge is 0.274 e. The first-order valence-electron chi connectivity index (χ1n) is 8.96. The molecule has 29 heavy (non-hydrogen) atoms. The fourth-order valence-electron chi connectivity index (χ4n) is 2.68. The van der Waals surface area contributed by atoms with Crippen LogP contribution in [0.4, 0.5) is 5.95 Å². The van der Waals surface area contributed by atoms with E-state index in [-0.39, 0.29) is 5.91 Å². The molecular formula is C22H17ClN4OS. The van der Waals surface area contributed by atoms with Crippen molar-refractivity contribution in [2.24, 2.45) is 0 Å². The highest BCUT2D eigenvalue weighted by molar-refractivity contribution is 7.09. The second-order valence-corrected chi connectivity index (χ2v) is 7.66. The number of carbonyl (C=O) groups is 1. The summed E-state index contributed by atoms with van der Waals surface area (Å²) >= 11 is 7.55. The number of nitrogens with zero attached hydrogens (tertiary/aromatic N) is 3. The fourth-order valence-corrected chi connectivity index (χ4v) is 3.45. The molecule has 0 aliphatic rings. The molecule has 0 spiro atoms. The van der Waals surface area contributed by atoms with Crippen LogP contribution in [0.3, 0.4) is 0 Å². The third-order valence-corrected chi connectivity index (χ3v) is 5.27. The molecule has 2 aromatic heterocycles. The normalized spacial score (nSPS) is 11.1. The van der Waals surface area contributed by atoms with Gasteiger partial charge in [-0.05, 0) is 35.2 Å². The number of nitrogens with one attached hydrogen (secondary N) is 1. The van der Waals surface area contributed by atoms with E-state index in [1.165, 1.54) is 10.8 Å². The van der Waals surface area contributed by atoms with E-state index < -0.39 is 0 Å². The van der Waals surface area contributed by atoms with Crippen molar-refractivity contribution >= 4 is 40.9 Å². The van der Waals surface area contributed by atoms with E-state index in [1.54, 1.807) is 29.5 Å². The van der Waals surface area contributed by atoms with E-state index in [9.17, 15) is 4.79 Å². The summed E-state index contributed by atoms with van der Waals surface area (Å²) < 4.78 is 1.29. The van der Waals surface area contributed by atoms with Crippen molar-refractivity contribution in [3.63, 3.8) is 0 Å². The van der Waals surface area contributed by atoms with Crippen molar-refractivity contribution in [1.29, 1.82) is 0 Å². The molecule has 144 valence electrons. The molecule has 0 aliphatic carbocycles. The first kappa shape index (κ1) is 19.1. The number of allylic oxidation sites excluding steroid dienone is 1. The minimum Gasteiger partial charge on any atom is -0.349 e. The molecule has 1 N–H and O–H groups in total. The topological polar surface area (TPSA) is 59.8 Å². The van der Waals surface area contributed by atoms with Crippen LogP contribution in [-0.4, -0.2) is 20.7 Å². The Morgan fingerprint density at radius 1 is 1.07 bits per heavy atom. The second kappa shape index (κ2) is 8.86. The molecule has 5 nitrogen and oxygen atoms in total. The molecule has 4 rings (SSSR count). The zero-order valence-corrected chi connectivity index (χ0v) is 16.9. The molecular weight excluding hydrogens is 404 g/mol. The van der Waals surface area contributed by atoms with Gasteiger partial charge >= 0.3 is 0 Å². The van der Waals surface area contributed by atoms with E-state index in [2.05, 4.69) is 15.4 Å². The summed E-state index contributed by atoms with van der Waals surface area (Å²) in [7, 11) is 0. The summed E-state index contributed by atoms with van der Waals surface area (Å²) in [5.41, 5.74) is 1.72. The zero-order chi connectivity index (χ0) is 20.1. The molecule has 0 saturated heterocycles. The highest BCUT2D eigenvalue weighted by Crippen LogP contribution is 2.19. The Labute approximate surface area is 177 Å². The molecule has 7 heteroatoms. The van der Waals surface area contributed by atoms with Crippen molar-refractivity contribution in [2.75, 3.05) is 5.32 Å². The Kier molecular flexibility index (Phi) is 5.84. The van der Waals surface area contributed by atoms with Crippen molar-refractivity contribution in [3.8, 4) is 11.4 Å². The second-order valence-electron chi connectivity index (χ2n) is 6.19. The Morgan fingerprint density at radius 2 is 1.86 bits per heavy atom. The van der Waals surface area contributed by atoms with Crippen LogP contribution < -0.4 is 5.32 Å². The summed E-state index contributed by atoms with van der Waals surface area (Å²) in [5.74, 6) is 0.610. The van der Waals surface area contributed by atoms with Crippen molar-refractivity contribution in [1.82, 2.24) is 14.8 Å². The van der Waals surface area contributed by atoms with Gasteiger partial charge < -0.3 is 5.32 Å². The van der Waals surface area contributed by atoms with Crippen molar-refractivity contribution < 1.29 is 4.79 Å². The standard InChI is InChI=1S/C22H17ClN4OS/c23-18-11-8-16(9-12-18)10-13-20(28)27-22(24-15-19-7-4-14-29-19)25-21(26-27)17-5-2-1-3-6-17/h1-14H,15H2,(H,24,25,26). The molecule has 0 aliphatic heterocycles. The van der Waals surface area contributed by atoms with Crippen LogP contribution >= 0.6 is 22.9 Å². The van der Waals surface area contributed by atoms with Crippen LogP contribution in [0.2, 0.25) is 5.02 Å². The molecule has 0 saturated carbocycles. The number of rotatable bonds is 6. The highest BCUT2D eigenvalue weighted by atomic mass is 35.5. The number of hydrogen-bond donors (Lipinski definition) is 1. The molecule has 0 radical (unpaired) electrons. The predicted octanol–water partition coefficient (Wildman–Crippen LogP) is 5.63. The molecule has 2 aromatic carbocycles. The summed E-state index contributed by atoms with van der Waals surface area (Å²) in [6, 6.07) is 20.8. The van der Waals surface area contributed by atoms with Gasteiger partial charge in [-0.3, -0.25) is 4.79 Å². The van der Waals surface area contributed by atoms with E-state index in [0.717, 1.165) is 16.0 Å². The minimum atomic E-state index is -0.289. The molecule has 0 fully saturated rings. The summed E-state index contributed by atoms with van der Waals surface area (Å²) in [4.78, 5) is 18.5. The quantitative estimate of drug-likeness (QED) is 0.411. The summed E-state index contributed by atoms with van der Waals surface area (Å²) in [5, 5.41) is 10.3. The third kappa shape index (κ3) is 4.80. The molecule has 0 atom stereocenters. The lowest BCUT2D eigenvalue weighted by molar-refractivity contribution is 0.0957. The van der Waals surface area contributed by atoms with Gasteiger partial charge in [0.2, 0.25) is 5.95 Å². The van der Waals surface area contributed by atoms with Crippen LogP contribution in [0.15, 0.2) is 78.2 Å². The van der Waals surface area contributed by atoms with Gasteiger partial charge in [0.1, 0.15) is 0 Å². The molecule has 4 aromatic rings. The zero-order valence-electron chi connectivity index (χ0n) is 15.3. The average Bonchev–Trinajstić information content (AvgIpc) is 3.42. The van der Waals surface area contributed by atoms with Gasteiger partial charge in [0.05, 0.1) is 6.54 Å². The maximum absolute atomic E-state index is 12.8. The fraction of sp³-hybridized carbons (Fsp3) is 0.0455. The van der Waals surface area contributed by atoms with Crippen LogP contribution in [0, 0.1) is 0 Å². The number of hydrogen-bond acceptors (Lipinski definition) is 5. The number of benzene rings is 2. The average molecular weight is 421 g/mol. The number of aromatic nitrogens is 3. The van der Waals surface area contributed by atoms with E-state index in [0.29, 0.717) is 23.3 Å². The van der Waals surface area contributed by atoms with Gasteiger partial charge in [-0.15, -0.1) is 16.4 Å². The Hall–Kier alpha value is -3.22. The van der Waals surface area contributed by atoms with E-state index >= 15 is 0 Å². The monoisotopic (exact) mass is 420 g/mol. The SMILES string of the molecule is O=C(C=Cc1ccc(Cl)cc1)n1nc(-c2ccccc2)nc1NCc1cccs1. The van der Waals surface area contributed by atoms with Gasteiger partial charge in [0, 0.05) is 21.5 Å². The van der Waals surface area contributed by atoms with Gasteiger partial charge in [0.15, 0.2) is 5.82 Å². The molecule has 0 unspecified atom stereocenters. The highest BCUT2D eigenvalue weighted by Gasteiger charge is 2.15. The first-order valence-corrected chi connectivity index (χ1v) is 10.2. The lowest BCUT2D eigenvalue weighted by Gasteiger charge is -2.04. The Bertz CT molecular complexity index is 1120. The van der Waals surface area contributed by atoms with E-state index in [4.69, 9.17) is 11.6 Å². The molecule has 2 heterocycles. The first-order chi connectivity index (χ1) is 14.2. The maximum atomic E-state index is 12.8. The van der Waals surface area contributed by atoms with Crippen LogP contribution in [0.1, 0.15) is 15.2 Å². The third-order valence-electron chi connectivity index (χ3n) is 4.14. The van der Waals surface area contributed by atoms with Crippen LogP contribution in [0.5, 0.6) is 0 Å². The lowest BCUT2D eigenvalue weighted by Crippen LogP contribution is -2.14. The molecule has 0 bridgehead atoms. The van der Waals surface area contributed by atoms with Gasteiger partial charge in [0.25, 0.3) is 5.91 Å². The predicted molar refractivity (Wildman–Crippen MR) is 118 cm³/mol. The van der Waals surface area contributed by atoms with Crippen LogP contribution in [-0.2, 0) is 6.54 Å². The van der Waals surface area contributed by atoms with Crippen LogP contribution in [0.25, 0.3) is 17.5 Å². The number of anilines is 1. The number of carbonyl (C=O) groups excluding carboxylic acids is 1. The van der Waals surface area contributed by atoms with E-state index in [1.807, 2.05) is 60.0 Å². The van der Waals surface area contributed by atoms with Gasteiger partial charge in [-0.2, -0.15) is 9.67 Å².